The fraction of sp³-hybridized carbons (Fsp3) is 0.647. The molecule has 1 heterocycles. The van der Waals surface area contributed by atoms with E-state index in [0.29, 0.717) is 18.1 Å². The molecule has 2 unspecified atom stereocenters. The van der Waals surface area contributed by atoms with Crippen LogP contribution in [0, 0.1) is 5.92 Å². The zero-order valence-corrected chi connectivity index (χ0v) is 15.1. The Bertz CT molecular complexity index is 464. The van der Waals surface area contributed by atoms with Crippen LogP contribution in [0.4, 0.5) is 5.69 Å². The summed E-state index contributed by atoms with van der Waals surface area (Å²) in [7, 11) is 1.82. The molecule has 0 aromatic heterocycles. The molecule has 0 bridgehead atoms. The van der Waals surface area contributed by atoms with Gasteiger partial charge >= 0.3 is 0 Å². The van der Waals surface area contributed by atoms with Crippen LogP contribution in [0.2, 0.25) is 0 Å². The Hall–Kier alpha value is -0.580. The van der Waals surface area contributed by atoms with Gasteiger partial charge in [-0.25, -0.2) is 0 Å². The third kappa shape index (κ3) is 4.44. The van der Waals surface area contributed by atoms with Gasteiger partial charge in [-0.05, 0) is 46.0 Å². The third-order valence-electron chi connectivity index (χ3n) is 4.26. The fourth-order valence-electron chi connectivity index (χ4n) is 2.80. The molecule has 1 aromatic rings. The minimum atomic E-state index is 0.327. The van der Waals surface area contributed by atoms with Crippen molar-refractivity contribution in [2.24, 2.45) is 5.92 Å². The molecule has 0 amide bonds. The molecule has 1 fully saturated rings. The van der Waals surface area contributed by atoms with Crippen LogP contribution in [-0.4, -0.2) is 32.3 Å². The minimum absolute atomic E-state index is 0.327. The monoisotopic (exact) mass is 354 g/mol. The van der Waals surface area contributed by atoms with Crippen LogP contribution in [0.25, 0.3) is 0 Å². The highest BCUT2D eigenvalue weighted by Crippen LogP contribution is 2.31. The first kappa shape index (κ1) is 16.8. The number of ether oxygens (including phenoxy) is 1. The van der Waals surface area contributed by atoms with E-state index < -0.39 is 0 Å². The van der Waals surface area contributed by atoms with E-state index in [-0.39, 0.29) is 0 Å². The molecule has 1 saturated heterocycles. The maximum atomic E-state index is 5.62. The molecule has 1 aliphatic rings. The van der Waals surface area contributed by atoms with E-state index in [2.05, 4.69) is 65.1 Å². The number of methoxy groups -OCH3 is 1. The summed E-state index contributed by atoms with van der Waals surface area (Å²) in [4.78, 5) is 2.43. The number of hydrogen-bond acceptors (Lipinski definition) is 3. The Labute approximate surface area is 137 Å². The normalized spacial score (nSPS) is 22.9. The minimum Gasteiger partial charge on any atom is -0.379 e. The van der Waals surface area contributed by atoms with Crippen LogP contribution in [0.5, 0.6) is 0 Å². The van der Waals surface area contributed by atoms with Crippen molar-refractivity contribution in [2.75, 3.05) is 25.1 Å². The molecule has 1 aromatic carbocycles. The summed E-state index contributed by atoms with van der Waals surface area (Å²) in [6.45, 7) is 9.60. The lowest BCUT2D eigenvalue weighted by molar-refractivity contribution is 0.0498. The molecule has 1 N–H and O–H groups in total. The molecule has 2 atom stereocenters. The van der Waals surface area contributed by atoms with Gasteiger partial charge in [0.2, 0.25) is 0 Å². The fourth-order valence-corrected chi connectivity index (χ4v) is 3.48. The number of halogens is 1. The zero-order valence-electron chi connectivity index (χ0n) is 13.5. The van der Waals surface area contributed by atoms with Gasteiger partial charge in [0.15, 0.2) is 0 Å². The van der Waals surface area contributed by atoms with Crippen molar-refractivity contribution in [3.05, 3.63) is 28.2 Å². The highest BCUT2D eigenvalue weighted by Gasteiger charge is 2.26. The van der Waals surface area contributed by atoms with Gasteiger partial charge in [0.05, 0.1) is 11.8 Å². The second-order valence-corrected chi connectivity index (χ2v) is 7.16. The topological polar surface area (TPSA) is 24.5 Å². The van der Waals surface area contributed by atoms with E-state index in [0.717, 1.165) is 19.6 Å². The van der Waals surface area contributed by atoms with Crippen LogP contribution in [0.15, 0.2) is 22.7 Å². The Kier molecular flexibility index (Phi) is 6.08. The van der Waals surface area contributed by atoms with Gasteiger partial charge in [0.1, 0.15) is 0 Å². The van der Waals surface area contributed by atoms with Crippen LogP contribution >= 0.6 is 15.9 Å². The van der Waals surface area contributed by atoms with Crippen molar-refractivity contribution in [3.63, 3.8) is 0 Å². The lowest BCUT2D eigenvalue weighted by Gasteiger charge is -2.38. The van der Waals surface area contributed by atoms with Crippen molar-refractivity contribution < 1.29 is 4.74 Å². The molecular weight excluding hydrogens is 328 g/mol. The van der Waals surface area contributed by atoms with Crippen LogP contribution in [-0.2, 0) is 11.3 Å². The number of piperidine rings is 1. The van der Waals surface area contributed by atoms with Gasteiger partial charge in [0.25, 0.3) is 0 Å². The lowest BCUT2D eigenvalue weighted by Crippen LogP contribution is -2.44. The largest absolute Gasteiger partial charge is 0.379 e. The molecule has 1 aliphatic heterocycles. The first-order chi connectivity index (χ1) is 10.0. The van der Waals surface area contributed by atoms with Gasteiger partial charge in [-0.3, -0.25) is 0 Å². The zero-order chi connectivity index (χ0) is 15.4. The molecule has 21 heavy (non-hydrogen) atoms. The molecule has 0 radical (unpaired) electrons. The predicted octanol–water partition coefficient (Wildman–Crippen LogP) is 3.81. The number of anilines is 1. The second-order valence-electron chi connectivity index (χ2n) is 6.31. The molecule has 2 rings (SSSR count). The number of hydrogen-bond donors (Lipinski definition) is 1. The smallest absolute Gasteiger partial charge is 0.0772 e. The summed E-state index contributed by atoms with van der Waals surface area (Å²) in [5, 5.41) is 3.46. The molecular formula is C17H27BrN2O. The van der Waals surface area contributed by atoms with E-state index in [4.69, 9.17) is 4.74 Å². The summed E-state index contributed by atoms with van der Waals surface area (Å²) in [5.41, 5.74) is 2.59. The Morgan fingerprint density at radius 1 is 1.43 bits per heavy atom. The quantitative estimate of drug-likeness (QED) is 0.869. The molecule has 0 saturated carbocycles. The van der Waals surface area contributed by atoms with E-state index in [1.54, 1.807) is 0 Å². The molecule has 3 nitrogen and oxygen atoms in total. The average molecular weight is 355 g/mol. The first-order valence-electron chi connectivity index (χ1n) is 7.80. The Morgan fingerprint density at radius 2 is 2.19 bits per heavy atom. The Morgan fingerprint density at radius 3 is 2.81 bits per heavy atom. The van der Waals surface area contributed by atoms with Crippen molar-refractivity contribution in [1.82, 2.24) is 5.32 Å². The van der Waals surface area contributed by atoms with E-state index in [1.165, 1.54) is 22.1 Å². The van der Waals surface area contributed by atoms with Gasteiger partial charge in [-0.1, -0.05) is 26.8 Å². The molecule has 4 heteroatoms. The second kappa shape index (κ2) is 7.61. The number of nitrogens with zero attached hydrogens (tertiary/aromatic N) is 1. The maximum absolute atomic E-state index is 5.62. The first-order valence-corrected chi connectivity index (χ1v) is 8.60. The average Bonchev–Trinajstić information content (AvgIpc) is 2.46. The number of rotatable bonds is 5. The summed E-state index contributed by atoms with van der Waals surface area (Å²) in [6.07, 6.45) is 1.51. The summed E-state index contributed by atoms with van der Waals surface area (Å²) >= 11 is 3.74. The summed E-state index contributed by atoms with van der Waals surface area (Å²) in [5.74, 6) is 0.638. The van der Waals surface area contributed by atoms with E-state index in [1.807, 2.05) is 7.11 Å². The van der Waals surface area contributed by atoms with Crippen molar-refractivity contribution in [2.45, 2.75) is 45.9 Å². The Balaban J connectivity index is 2.06. The number of benzene rings is 1. The van der Waals surface area contributed by atoms with Crippen LogP contribution in [0.3, 0.4) is 0 Å². The standard InChI is InChI=1S/C17H27BrN2O/c1-12(2)19-10-14-5-6-16(15(18)9-14)20-8-7-13(3)17(11-20)21-4/h5-6,9,12-13,17,19H,7-8,10-11H2,1-4H3. The summed E-state index contributed by atoms with van der Waals surface area (Å²) in [6, 6.07) is 7.18. The maximum Gasteiger partial charge on any atom is 0.0772 e. The number of nitrogens with one attached hydrogen (secondary N) is 1. The lowest BCUT2D eigenvalue weighted by atomic mass is 9.95. The van der Waals surface area contributed by atoms with Gasteiger partial charge in [-0.2, -0.15) is 0 Å². The van der Waals surface area contributed by atoms with E-state index in [9.17, 15) is 0 Å². The van der Waals surface area contributed by atoms with Gasteiger partial charge in [0, 0.05) is 37.3 Å². The van der Waals surface area contributed by atoms with Gasteiger partial charge in [-0.15, -0.1) is 0 Å². The highest BCUT2D eigenvalue weighted by atomic mass is 79.9. The highest BCUT2D eigenvalue weighted by molar-refractivity contribution is 9.10. The van der Waals surface area contributed by atoms with Crippen molar-refractivity contribution in [1.29, 1.82) is 0 Å². The molecule has 0 spiro atoms. The van der Waals surface area contributed by atoms with Crippen LogP contribution < -0.4 is 10.2 Å². The van der Waals surface area contributed by atoms with Gasteiger partial charge < -0.3 is 15.0 Å². The van der Waals surface area contributed by atoms with Crippen LogP contribution in [0.1, 0.15) is 32.8 Å². The SMILES string of the molecule is COC1CN(c2ccc(CNC(C)C)cc2Br)CCC1C. The third-order valence-corrected chi connectivity index (χ3v) is 4.89. The van der Waals surface area contributed by atoms with E-state index >= 15 is 0 Å². The molecule has 118 valence electrons. The van der Waals surface area contributed by atoms with Crippen molar-refractivity contribution >= 4 is 21.6 Å². The summed E-state index contributed by atoms with van der Waals surface area (Å²) < 4.78 is 6.79. The van der Waals surface area contributed by atoms with Crippen molar-refractivity contribution in [3.8, 4) is 0 Å². The molecule has 0 aliphatic carbocycles. The predicted molar refractivity (Wildman–Crippen MR) is 92.9 cm³/mol.